The van der Waals surface area contributed by atoms with Gasteiger partial charge < -0.3 is 25.2 Å². The zero-order chi connectivity index (χ0) is 29.5. The number of fused-ring (bicyclic) bond motifs is 3. The minimum Gasteiger partial charge on any atom is -0.508 e. The molecule has 0 saturated heterocycles. The molecule has 9 heteroatoms. The van der Waals surface area contributed by atoms with Crippen molar-refractivity contribution in [2.24, 2.45) is 22.7 Å². The maximum absolute atomic E-state index is 14.4. The van der Waals surface area contributed by atoms with E-state index in [2.05, 4.69) is 4.98 Å². The highest BCUT2D eigenvalue weighted by Gasteiger charge is 2.72. The molecule has 1 heterocycles. The number of pyridine rings is 1. The number of hydrogen-bond acceptors (Lipinski definition) is 9. The van der Waals surface area contributed by atoms with Crippen LogP contribution in [0.2, 0.25) is 0 Å². The number of carbonyl (C=O) groups excluding carboxylic acids is 3. The molecular weight excluding hydrogens is 514 g/mol. The van der Waals surface area contributed by atoms with Gasteiger partial charge in [0.1, 0.15) is 28.6 Å². The molecule has 9 nitrogen and oxygen atoms in total. The van der Waals surface area contributed by atoms with Crippen molar-refractivity contribution in [3.63, 3.8) is 0 Å². The number of phenolic OH excluding ortho intramolecular Hbond substituents is 1. The fraction of sp³-hybridized carbons (Fsp3) is 0.419. The fourth-order valence-electron chi connectivity index (χ4n) is 7.67. The zero-order valence-corrected chi connectivity index (χ0v) is 23.3. The molecule has 1 unspecified atom stereocenters. The van der Waals surface area contributed by atoms with E-state index in [9.17, 15) is 34.8 Å². The van der Waals surface area contributed by atoms with Crippen molar-refractivity contribution in [3.05, 3.63) is 58.6 Å². The summed E-state index contributed by atoms with van der Waals surface area (Å²) in [7, 11) is 1.52. The first-order valence-electron chi connectivity index (χ1n) is 13.2. The normalized spacial score (nSPS) is 29.8. The first-order valence-corrected chi connectivity index (χ1v) is 13.2. The van der Waals surface area contributed by atoms with Gasteiger partial charge in [0.05, 0.1) is 18.9 Å². The van der Waals surface area contributed by atoms with E-state index in [1.807, 2.05) is 0 Å². The van der Waals surface area contributed by atoms with Crippen molar-refractivity contribution >= 4 is 23.1 Å². The Morgan fingerprint density at radius 1 is 1.12 bits per heavy atom. The monoisotopic (exact) mass is 547 g/mol. The second-order valence-electron chi connectivity index (χ2n) is 12.1. The summed E-state index contributed by atoms with van der Waals surface area (Å²) in [4.78, 5) is 44.7. The van der Waals surface area contributed by atoms with Gasteiger partial charge in [-0.15, -0.1) is 0 Å². The van der Waals surface area contributed by atoms with Gasteiger partial charge in [0.2, 0.25) is 5.78 Å². The number of aliphatic hydroxyl groups is 3. The topological polar surface area (TPSA) is 154 Å². The van der Waals surface area contributed by atoms with Gasteiger partial charge in [-0.2, -0.15) is 0 Å². The van der Waals surface area contributed by atoms with Crippen molar-refractivity contribution < 1.29 is 39.5 Å². The average Bonchev–Trinajstić information content (AvgIpc) is 2.86. The third-order valence-electron chi connectivity index (χ3n) is 9.15. The number of nitrogens with zero attached hydrogens (tertiary/aromatic N) is 1. The molecule has 1 fully saturated rings. The Morgan fingerprint density at radius 3 is 2.40 bits per heavy atom. The van der Waals surface area contributed by atoms with Crippen LogP contribution in [0.1, 0.15) is 52.2 Å². The Kier molecular flexibility index (Phi) is 6.04. The van der Waals surface area contributed by atoms with Gasteiger partial charge >= 0.3 is 0 Å². The van der Waals surface area contributed by atoms with Crippen LogP contribution in [0, 0.1) is 22.7 Å². The lowest BCUT2D eigenvalue weighted by atomic mass is 9.43. The van der Waals surface area contributed by atoms with E-state index in [4.69, 9.17) is 4.74 Å². The van der Waals surface area contributed by atoms with Gasteiger partial charge in [0.15, 0.2) is 17.2 Å². The molecule has 5 rings (SSSR count). The SMILES string of the molecule is COc1cncc(-c2ccc(O)c3c2C[C@]2(C)C[C@]4(C)C(C(C)C)C(=O)C(C(C)=O)=C(O)[C@]4(O)C(=O)C2=C3O)c1. The number of ether oxygens (including phenoxy) is 1. The Hall–Kier alpha value is -3.98. The number of Topliss-reactive ketones (excluding diaryl/α,β-unsaturated/α-hetero) is 3. The molecule has 210 valence electrons. The van der Waals surface area contributed by atoms with E-state index >= 15 is 0 Å². The Bertz CT molecular complexity index is 1570. The van der Waals surface area contributed by atoms with E-state index in [1.54, 1.807) is 52.2 Å². The number of aromatic nitrogens is 1. The molecule has 2 aromatic rings. The number of rotatable bonds is 4. The highest BCUT2D eigenvalue weighted by molar-refractivity contribution is 6.24. The van der Waals surface area contributed by atoms with Gasteiger partial charge in [-0.1, -0.05) is 33.8 Å². The van der Waals surface area contributed by atoms with Crippen molar-refractivity contribution in [3.8, 4) is 22.6 Å². The lowest BCUT2D eigenvalue weighted by molar-refractivity contribution is -0.178. The molecule has 1 saturated carbocycles. The maximum Gasteiger partial charge on any atom is 0.203 e. The molecule has 1 aromatic heterocycles. The van der Waals surface area contributed by atoms with Crippen LogP contribution in [0.25, 0.3) is 16.9 Å². The van der Waals surface area contributed by atoms with Gasteiger partial charge in [-0.05, 0) is 48.9 Å². The number of benzene rings is 1. The standard InChI is InChI=1S/C31H33NO8/c1-14(2)23-25(35)21(15(3)33)27(37)31(39)28(38)24-26(36)22-19(10-29(24,4)13-30(23,31)5)18(7-8-20(22)34)16-9-17(40-6)12-32-11-16/h7-9,11-12,14,23,34,36-37,39H,10,13H2,1-6H3/t23?,29-,30-,31+/m1/s1. The summed E-state index contributed by atoms with van der Waals surface area (Å²) in [5.74, 6) is -4.98. The van der Waals surface area contributed by atoms with Crippen LogP contribution in [0.4, 0.5) is 0 Å². The lowest BCUT2D eigenvalue weighted by Gasteiger charge is -2.59. The molecule has 0 spiro atoms. The molecule has 4 atom stereocenters. The van der Waals surface area contributed by atoms with Crippen LogP contribution in [-0.4, -0.2) is 55.5 Å². The van der Waals surface area contributed by atoms with Gasteiger partial charge in [-0.25, -0.2) is 0 Å². The minimum atomic E-state index is -2.64. The first kappa shape index (κ1) is 27.6. The number of methoxy groups -OCH3 is 1. The molecule has 0 amide bonds. The van der Waals surface area contributed by atoms with Crippen molar-refractivity contribution in [2.75, 3.05) is 7.11 Å². The van der Waals surface area contributed by atoms with E-state index in [0.29, 0.717) is 22.4 Å². The molecule has 40 heavy (non-hydrogen) atoms. The van der Waals surface area contributed by atoms with Gasteiger partial charge in [0, 0.05) is 34.1 Å². The molecule has 3 aliphatic carbocycles. The molecule has 0 aliphatic heterocycles. The molecule has 3 aliphatic rings. The van der Waals surface area contributed by atoms with E-state index in [0.717, 1.165) is 6.92 Å². The summed E-state index contributed by atoms with van der Waals surface area (Å²) in [6, 6.07) is 4.87. The van der Waals surface area contributed by atoms with Crippen LogP contribution < -0.4 is 4.74 Å². The predicted molar refractivity (Wildman–Crippen MR) is 146 cm³/mol. The molecular formula is C31H33NO8. The number of aromatic hydroxyl groups is 1. The quantitative estimate of drug-likeness (QED) is 0.411. The number of carbonyl (C=O) groups is 3. The van der Waals surface area contributed by atoms with E-state index < -0.39 is 56.8 Å². The number of allylic oxidation sites excluding steroid dienone is 1. The fourth-order valence-corrected chi connectivity index (χ4v) is 7.67. The Morgan fingerprint density at radius 2 is 1.80 bits per heavy atom. The third kappa shape index (κ3) is 3.36. The molecule has 4 N–H and O–H groups in total. The molecule has 0 radical (unpaired) electrons. The average molecular weight is 548 g/mol. The summed E-state index contributed by atoms with van der Waals surface area (Å²) in [6.45, 7) is 8.00. The second-order valence-corrected chi connectivity index (χ2v) is 12.1. The third-order valence-corrected chi connectivity index (χ3v) is 9.15. The summed E-state index contributed by atoms with van der Waals surface area (Å²) < 4.78 is 5.32. The highest BCUT2D eigenvalue weighted by Crippen LogP contribution is 2.65. The first-order chi connectivity index (χ1) is 18.6. The van der Waals surface area contributed by atoms with Crippen LogP contribution in [-0.2, 0) is 20.8 Å². The predicted octanol–water partition coefficient (Wildman–Crippen LogP) is 4.26. The molecule has 0 bridgehead atoms. The smallest absolute Gasteiger partial charge is 0.203 e. The minimum absolute atomic E-state index is 0.0242. The van der Waals surface area contributed by atoms with Crippen molar-refractivity contribution in [1.29, 1.82) is 0 Å². The Labute approximate surface area is 231 Å². The highest BCUT2D eigenvalue weighted by atomic mass is 16.5. The summed E-state index contributed by atoms with van der Waals surface area (Å²) in [5.41, 5.74) is -4.09. The van der Waals surface area contributed by atoms with Crippen LogP contribution >= 0.6 is 0 Å². The zero-order valence-electron chi connectivity index (χ0n) is 23.3. The second kappa shape index (κ2) is 8.76. The van der Waals surface area contributed by atoms with E-state index in [-0.39, 0.29) is 35.6 Å². The van der Waals surface area contributed by atoms with Gasteiger partial charge in [0.25, 0.3) is 0 Å². The number of aliphatic hydroxyl groups excluding tert-OH is 2. The summed E-state index contributed by atoms with van der Waals surface area (Å²) in [6.07, 6.45) is 3.37. The van der Waals surface area contributed by atoms with Crippen LogP contribution in [0.15, 0.2) is 47.5 Å². The van der Waals surface area contributed by atoms with Crippen LogP contribution in [0.5, 0.6) is 11.5 Å². The largest absolute Gasteiger partial charge is 0.508 e. The molecule has 1 aromatic carbocycles. The van der Waals surface area contributed by atoms with E-state index in [1.165, 1.54) is 13.2 Å². The number of hydrogen-bond donors (Lipinski definition) is 4. The maximum atomic E-state index is 14.4. The Balaban J connectivity index is 1.82. The van der Waals surface area contributed by atoms with Gasteiger partial charge in [-0.3, -0.25) is 19.4 Å². The lowest BCUT2D eigenvalue weighted by Crippen LogP contribution is -2.69. The number of phenols is 1. The summed E-state index contributed by atoms with van der Waals surface area (Å²) >= 11 is 0. The van der Waals surface area contributed by atoms with Crippen molar-refractivity contribution in [1.82, 2.24) is 4.98 Å². The van der Waals surface area contributed by atoms with Crippen molar-refractivity contribution in [2.45, 2.75) is 53.1 Å². The van der Waals surface area contributed by atoms with Crippen LogP contribution in [0.3, 0.4) is 0 Å². The number of ketones is 3. The summed E-state index contributed by atoms with van der Waals surface area (Å²) in [5, 5.41) is 45.9.